The number of benzene rings is 2. The molecule has 0 fully saturated rings. The highest BCUT2D eigenvalue weighted by Gasteiger charge is 2.28. The summed E-state index contributed by atoms with van der Waals surface area (Å²) >= 11 is 0. The molecule has 0 aliphatic carbocycles. The zero-order valence-corrected chi connectivity index (χ0v) is 31.0. The quantitative estimate of drug-likeness (QED) is 0.148. The maximum absolute atomic E-state index is 5.35. The van der Waals surface area contributed by atoms with Gasteiger partial charge >= 0.3 is 0 Å². The molecule has 49 heavy (non-hydrogen) atoms. The van der Waals surface area contributed by atoms with Crippen molar-refractivity contribution in [2.24, 2.45) is 0 Å². The summed E-state index contributed by atoms with van der Waals surface area (Å²) in [4.78, 5) is 10.7. The summed E-state index contributed by atoms with van der Waals surface area (Å²) in [6.07, 6.45) is 4.37. The van der Waals surface area contributed by atoms with Gasteiger partial charge in [-0.15, -0.1) is 0 Å². The van der Waals surface area contributed by atoms with Crippen LogP contribution < -0.4 is 0 Å². The first kappa shape index (κ1) is 34.2. The fourth-order valence-electron chi connectivity index (χ4n) is 7.13. The molecule has 0 spiro atoms. The van der Waals surface area contributed by atoms with Gasteiger partial charge in [-0.1, -0.05) is 104 Å². The summed E-state index contributed by atoms with van der Waals surface area (Å²) in [7, 11) is 0. The van der Waals surface area contributed by atoms with Gasteiger partial charge in [0.25, 0.3) is 0 Å². The van der Waals surface area contributed by atoms with Crippen molar-refractivity contribution in [1.29, 1.82) is 0 Å². The number of pyridine rings is 2. The van der Waals surface area contributed by atoms with Crippen molar-refractivity contribution < 1.29 is 0 Å². The van der Waals surface area contributed by atoms with E-state index in [9.17, 15) is 0 Å². The van der Waals surface area contributed by atoms with E-state index >= 15 is 0 Å². The molecule has 252 valence electrons. The second kappa shape index (κ2) is 13.7. The van der Waals surface area contributed by atoms with Gasteiger partial charge in [0.1, 0.15) is 0 Å². The lowest BCUT2D eigenvalue weighted by Gasteiger charge is -2.26. The number of hydrogen-bond donors (Lipinski definition) is 0. The zero-order chi connectivity index (χ0) is 35.0. The van der Waals surface area contributed by atoms with Crippen molar-refractivity contribution >= 4 is 0 Å². The standard InChI is InChI=1S/C45H52N4/c1-29(2)33-17-11-18-34(30(3)4)43(33)48-27-15-23-39(48)37-21-13-25-41(46-37)45(9,10)42-26-14-22-38(47-42)40-24-16-28-49(40)44-35(31(5)6)19-12-20-36(44)32(7)8/h11-32H,1-10H3. The summed E-state index contributed by atoms with van der Waals surface area (Å²) in [5.74, 6) is 1.60. The third-order valence-electron chi connectivity index (χ3n) is 9.97. The second-order valence-electron chi connectivity index (χ2n) is 15.2. The Labute approximate surface area is 293 Å². The van der Waals surface area contributed by atoms with Crippen molar-refractivity contribution in [3.8, 4) is 34.2 Å². The Morgan fingerprint density at radius 3 is 1.08 bits per heavy atom. The van der Waals surface area contributed by atoms with E-state index in [2.05, 4.69) is 188 Å². The minimum atomic E-state index is -0.432. The highest BCUT2D eigenvalue weighted by atomic mass is 15.0. The Kier molecular flexibility index (Phi) is 9.53. The van der Waals surface area contributed by atoms with Crippen molar-refractivity contribution in [1.82, 2.24) is 19.1 Å². The Bertz CT molecular complexity index is 1870. The van der Waals surface area contributed by atoms with Gasteiger partial charge in [-0.2, -0.15) is 0 Å². The second-order valence-corrected chi connectivity index (χ2v) is 15.2. The summed E-state index contributed by atoms with van der Waals surface area (Å²) in [6.45, 7) is 22.7. The van der Waals surface area contributed by atoms with Gasteiger partial charge in [0, 0.05) is 17.8 Å². The molecule has 0 bridgehead atoms. The molecule has 4 heteroatoms. The number of hydrogen-bond acceptors (Lipinski definition) is 2. The van der Waals surface area contributed by atoms with Gasteiger partial charge in [-0.05, 0) is 108 Å². The highest BCUT2D eigenvalue weighted by Crippen LogP contribution is 2.38. The third kappa shape index (κ3) is 6.41. The normalized spacial score (nSPS) is 12.2. The molecule has 0 saturated carbocycles. The van der Waals surface area contributed by atoms with Crippen molar-refractivity contribution in [2.75, 3.05) is 0 Å². The van der Waals surface area contributed by atoms with E-state index in [1.165, 1.54) is 33.6 Å². The minimum absolute atomic E-state index is 0.400. The van der Waals surface area contributed by atoms with Crippen LogP contribution in [0.3, 0.4) is 0 Å². The van der Waals surface area contributed by atoms with E-state index < -0.39 is 5.41 Å². The first-order valence-electron chi connectivity index (χ1n) is 18.0. The smallest absolute Gasteiger partial charge is 0.0873 e. The summed E-state index contributed by atoms with van der Waals surface area (Å²) in [6, 6.07) is 34.9. The lowest BCUT2D eigenvalue weighted by molar-refractivity contribution is 0.596. The van der Waals surface area contributed by atoms with Crippen LogP contribution in [0.25, 0.3) is 34.2 Å². The molecule has 2 aromatic carbocycles. The van der Waals surface area contributed by atoms with Gasteiger partial charge in [0.15, 0.2) is 0 Å². The SMILES string of the molecule is CC(C)c1cccc(C(C)C)c1-n1cccc1-c1cccc(C(C)(C)c2cccc(-c3cccn3-c3c(C(C)C)cccc3C(C)C)n2)n1. The number of para-hydroxylation sites is 2. The monoisotopic (exact) mass is 648 g/mol. The van der Waals surface area contributed by atoms with Crippen LogP contribution in [0.1, 0.15) is 127 Å². The molecule has 0 N–H and O–H groups in total. The van der Waals surface area contributed by atoms with Crippen LogP contribution in [-0.4, -0.2) is 19.1 Å². The number of rotatable bonds is 10. The van der Waals surface area contributed by atoms with Gasteiger partial charge in [0.05, 0.1) is 45.5 Å². The van der Waals surface area contributed by atoms with Crippen molar-refractivity contribution in [3.05, 3.63) is 143 Å². The molecule has 0 radical (unpaired) electrons. The van der Waals surface area contributed by atoms with Crippen LogP contribution in [0, 0.1) is 0 Å². The van der Waals surface area contributed by atoms with E-state index in [0.717, 1.165) is 34.2 Å². The topological polar surface area (TPSA) is 35.6 Å². The van der Waals surface area contributed by atoms with E-state index in [-0.39, 0.29) is 0 Å². The highest BCUT2D eigenvalue weighted by molar-refractivity contribution is 5.65. The van der Waals surface area contributed by atoms with Crippen LogP contribution in [0.15, 0.2) is 109 Å². The van der Waals surface area contributed by atoms with E-state index in [0.29, 0.717) is 23.7 Å². The summed E-state index contributed by atoms with van der Waals surface area (Å²) < 4.78 is 4.69. The first-order valence-corrected chi connectivity index (χ1v) is 18.0. The molecule has 4 aromatic heterocycles. The Hall–Kier alpha value is -4.70. The van der Waals surface area contributed by atoms with Gasteiger partial charge in [0.2, 0.25) is 0 Å². The summed E-state index contributed by atoms with van der Waals surface area (Å²) in [5, 5.41) is 0. The molecule has 4 heterocycles. The summed E-state index contributed by atoms with van der Waals surface area (Å²) in [5.41, 5.74) is 13.6. The Morgan fingerprint density at radius 2 is 0.755 bits per heavy atom. The van der Waals surface area contributed by atoms with Crippen LogP contribution in [0.2, 0.25) is 0 Å². The van der Waals surface area contributed by atoms with Crippen molar-refractivity contribution in [2.45, 2.75) is 98.3 Å². The lowest BCUT2D eigenvalue weighted by Crippen LogP contribution is -2.22. The number of aromatic nitrogens is 4. The Morgan fingerprint density at radius 1 is 0.429 bits per heavy atom. The molecular formula is C45H52N4. The first-order chi connectivity index (χ1) is 23.4. The zero-order valence-electron chi connectivity index (χ0n) is 31.0. The molecule has 4 nitrogen and oxygen atoms in total. The van der Waals surface area contributed by atoms with E-state index in [1.54, 1.807) is 0 Å². The fourth-order valence-corrected chi connectivity index (χ4v) is 7.13. The van der Waals surface area contributed by atoms with Crippen LogP contribution in [-0.2, 0) is 5.41 Å². The molecule has 0 unspecified atom stereocenters. The van der Waals surface area contributed by atoms with Gasteiger partial charge in [-0.3, -0.25) is 9.97 Å². The maximum Gasteiger partial charge on any atom is 0.0873 e. The Balaban J connectivity index is 1.42. The molecular weight excluding hydrogens is 597 g/mol. The van der Waals surface area contributed by atoms with Crippen molar-refractivity contribution in [3.63, 3.8) is 0 Å². The molecule has 6 rings (SSSR count). The van der Waals surface area contributed by atoms with Crippen LogP contribution >= 0.6 is 0 Å². The molecule has 0 atom stereocenters. The predicted octanol–water partition coefficient (Wildman–Crippen LogP) is 12.2. The maximum atomic E-state index is 5.35. The van der Waals surface area contributed by atoms with Crippen LogP contribution in [0.5, 0.6) is 0 Å². The number of nitrogens with zero attached hydrogens (tertiary/aromatic N) is 4. The molecule has 0 aliphatic heterocycles. The molecule has 0 saturated heterocycles. The fraction of sp³-hybridized carbons (Fsp3) is 0.333. The van der Waals surface area contributed by atoms with E-state index in [4.69, 9.17) is 9.97 Å². The van der Waals surface area contributed by atoms with Gasteiger partial charge in [-0.25, -0.2) is 0 Å². The molecule has 0 aliphatic rings. The predicted molar refractivity (Wildman–Crippen MR) is 206 cm³/mol. The van der Waals surface area contributed by atoms with Gasteiger partial charge < -0.3 is 9.13 Å². The largest absolute Gasteiger partial charge is 0.315 e. The third-order valence-corrected chi connectivity index (χ3v) is 9.97. The average molecular weight is 649 g/mol. The minimum Gasteiger partial charge on any atom is -0.315 e. The molecule has 6 aromatic rings. The lowest BCUT2D eigenvalue weighted by atomic mass is 9.84. The van der Waals surface area contributed by atoms with Crippen LogP contribution in [0.4, 0.5) is 0 Å². The van der Waals surface area contributed by atoms with E-state index in [1.807, 2.05) is 0 Å². The average Bonchev–Trinajstić information content (AvgIpc) is 3.78. The molecule has 0 amide bonds.